The Morgan fingerprint density at radius 2 is 1.77 bits per heavy atom. The monoisotopic (exact) mass is 343 g/mol. The number of benzene rings is 2. The molecule has 2 aliphatic rings. The van der Waals surface area contributed by atoms with Crippen molar-refractivity contribution in [1.29, 1.82) is 0 Å². The topological polar surface area (TPSA) is 3.24 Å². The van der Waals surface area contributed by atoms with Crippen molar-refractivity contribution in [1.82, 2.24) is 0 Å². The maximum Gasteiger partial charge on any atom is 0.0511 e. The van der Waals surface area contributed by atoms with E-state index in [4.69, 9.17) is 0 Å². The van der Waals surface area contributed by atoms with E-state index in [0.29, 0.717) is 6.04 Å². The van der Waals surface area contributed by atoms with Gasteiger partial charge in [0, 0.05) is 12.2 Å². The molecular formula is C25H29N. The van der Waals surface area contributed by atoms with E-state index in [0.717, 1.165) is 18.9 Å². The molecule has 2 atom stereocenters. The summed E-state index contributed by atoms with van der Waals surface area (Å²) in [5, 5.41) is 0. The molecule has 0 aromatic heterocycles. The van der Waals surface area contributed by atoms with E-state index >= 15 is 0 Å². The highest BCUT2D eigenvalue weighted by Crippen LogP contribution is 2.38. The molecule has 4 rings (SSSR count). The third kappa shape index (κ3) is 3.62. The molecule has 0 saturated carbocycles. The number of hydrogen-bond acceptors (Lipinski definition) is 1. The lowest BCUT2D eigenvalue weighted by Crippen LogP contribution is -2.45. The van der Waals surface area contributed by atoms with Gasteiger partial charge in [0.05, 0.1) is 6.04 Å². The number of aryl methyl sites for hydroxylation is 3. The average Bonchev–Trinajstić information content (AvgIpc) is 2.66. The molecule has 1 heterocycles. The first-order chi connectivity index (χ1) is 12.7. The van der Waals surface area contributed by atoms with Crippen LogP contribution < -0.4 is 4.90 Å². The van der Waals surface area contributed by atoms with Crippen molar-refractivity contribution in [2.24, 2.45) is 5.92 Å². The molecule has 2 aromatic carbocycles. The molecule has 1 saturated heterocycles. The van der Waals surface area contributed by atoms with Crippen molar-refractivity contribution in [2.45, 2.75) is 45.6 Å². The molecule has 1 fully saturated rings. The van der Waals surface area contributed by atoms with Gasteiger partial charge in [-0.1, -0.05) is 54.6 Å². The van der Waals surface area contributed by atoms with Crippen LogP contribution >= 0.6 is 0 Å². The quantitative estimate of drug-likeness (QED) is 0.656. The van der Waals surface area contributed by atoms with Crippen LogP contribution in [0.15, 0.2) is 72.3 Å². The van der Waals surface area contributed by atoms with Crippen molar-refractivity contribution in [3.05, 3.63) is 89.0 Å². The third-order valence-corrected chi connectivity index (χ3v) is 5.88. The Morgan fingerprint density at radius 3 is 2.54 bits per heavy atom. The highest BCUT2D eigenvalue weighted by atomic mass is 15.2. The first-order valence-corrected chi connectivity index (χ1v) is 9.96. The standard InChI is InChI=1S/C25H29N/c1-19-16-20(2)18-23(17-19)26-15-14-22-10-6-7-11-24(22)25(26)13-12-21-8-4-3-5-9-21/h3-9,11,16-18,22,25H,10,12-15H2,1-2H3. The Balaban J connectivity index is 1.64. The van der Waals surface area contributed by atoms with Crippen LogP contribution in [0.2, 0.25) is 0 Å². The number of rotatable bonds is 4. The van der Waals surface area contributed by atoms with E-state index < -0.39 is 0 Å². The van der Waals surface area contributed by atoms with E-state index in [1.165, 1.54) is 41.6 Å². The Bertz CT molecular complexity index is 795. The normalized spacial score (nSPS) is 22.1. The van der Waals surface area contributed by atoms with E-state index in [9.17, 15) is 0 Å². The molecule has 1 aliphatic heterocycles. The lowest BCUT2D eigenvalue weighted by atomic mass is 9.78. The van der Waals surface area contributed by atoms with Crippen LogP contribution in [0.25, 0.3) is 0 Å². The predicted molar refractivity (Wildman–Crippen MR) is 112 cm³/mol. The molecule has 1 aliphatic carbocycles. The number of hydrogen-bond donors (Lipinski definition) is 0. The lowest BCUT2D eigenvalue weighted by Gasteiger charge is -2.44. The second-order valence-corrected chi connectivity index (χ2v) is 7.90. The van der Waals surface area contributed by atoms with Gasteiger partial charge < -0.3 is 4.90 Å². The zero-order valence-corrected chi connectivity index (χ0v) is 16.0. The SMILES string of the molecule is Cc1cc(C)cc(N2CCC3CC=CC=C3C2CCc2ccccc2)c1. The summed E-state index contributed by atoms with van der Waals surface area (Å²) >= 11 is 0. The van der Waals surface area contributed by atoms with Gasteiger partial charge in [0.15, 0.2) is 0 Å². The molecule has 0 bridgehead atoms. The molecule has 26 heavy (non-hydrogen) atoms. The minimum absolute atomic E-state index is 0.514. The second-order valence-electron chi connectivity index (χ2n) is 7.90. The van der Waals surface area contributed by atoms with Crippen LogP contribution in [0.1, 0.15) is 36.0 Å². The first-order valence-electron chi connectivity index (χ1n) is 9.96. The van der Waals surface area contributed by atoms with Gasteiger partial charge in [-0.25, -0.2) is 0 Å². The zero-order valence-electron chi connectivity index (χ0n) is 16.0. The number of fused-ring (bicyclic) bond motifs is 1. The summed E-state index contributed by atoms with van der Waals surface area (Å²) in [4.78, 5) is 2.67. The van der Waals surface area contributed by atoms with Crippen LogP contribution in [0.4, 0.5) is 5.69 Å². The molecule has 0 amide bonds. The fourth-order valence-corrected chi connectivity index (χ4v) is 4.69. The van der Waals surface area contributed by atoms with Crippen molar-refractivity contribution in [3.8, 4) is 0 Å². The number of anilines is 1. The largest absolute Gasteiger partial charge is 0.365 e. The molecule has 1 heteroatoms. The van der Waals surface area contributed by atoms with Crippen LogP contribution in [-0.2, 0) is 6.42 Å². The zero-order chi connectivity index (χ0) is 17.9. The Kier molecular flexibility index (Phi) is 4.97. The van der Waals surface area contributed by atoms with Crippen LogP contribution in [-0.4, -0.2) is 12.6 Å². The van der Waals surface area contributed by atoms with Crippen molar-refractivity contribution in [3.63, 3.8) is 0 Å². The van der Waals surface area contributed by atoms with Crippen molar-refractivity contribution >= 4 is 5.69 Å². The second kappa shape index (κ2) is 7.53. The molecule has 2 unspecified atom stereocenters. The first kappa shape index (κ1) is 17.1. The Hall–Kier alpha value is -2.28. The summed E-state index contributed by atoms with van der Waals surface area (Å²) in [6.07, 6.45) is 11.8. The van der Waals surface area contributed by atoms with Gasteiger partial charge in [-0.15, -0.1) is 0 Å². The summed E-state index contributed by atoms with van der Waals surface area (Å²) < 4.78 is 0. The molecule has 0 N–H and O–H groups in total. The van der Waals surface area contributed by atoms with Gasteiger partial charge in [0.1, 0.15) is 0 Å². The maximum atomic E-state index is 2.67. The molecule has 2 aromatic rings. The fraction of sp³-hybridized carbons (Fsp3) is 0.360. The van der Waals surface area contributed by atoms with Crippen molar-refractivity contribution < 1.29 is 0 Å². The average molecular weight is 344 g/mol. The van der Waals surface area contributed by atoms with E-state index in [1.807, 2.05) is 0 Å². The van der Waals surface area contributed by atoms with Gasteiger partial charge in [-0.3, -0.25) is 0 Å². The molecule has 134 valence electrons. The van der Waals surface area contributed by atoms with E-state index in [2.05, 4.69) is 85.5 Å². The number of piperidine rings is 1. The minimum atomic E-state index is 0.514. The Morgan fingerprint density at radius 1 is 1.00 bits per heavy atom. The summed E-state index contributed by atoms with van der Waals surface area (Å²) in [7, 11) is 0. The third-order valence-electron chi connectivity index (χ3n) is 5.88. The Labute approximate surface area is 158 Å². The smallest absolute Gasteiger partial charge is 0.0511 e. The highest BCUT2D eigenvalue weighted by molar-refractivity contribution is 5.55. The number of allylic oxidation sites excluding steroid dienone is 3. The van der Waals surface area contributed by atoms with Crippen LogP contribution in [0.3, 0.4) is 0 Å². The van der Waals surface area contributed by atoms with E-state index in [-0.39, 0.29) is 0 Å². The van der Waals surface area contributed by atoms with Gasteiger partial charge >= 0.3 is 0 Å². The maximum absolute atomic E-state index is 2.67. The van der Waals surface area contributed by atoms with Crippen LogP contribution in [0, 0.1) is 19.8 Å². The molecule has 1 nitrogen and oxygen atoms in total. The summed E-state index contributed by atoms with van der Waals surface area (Å²) in [6.45, 7) is 5.59. The molecule has 0 radical (unpaired) electrons. The lowest BCUT2D eigenvalue weighted by molar-refractivity contribution is 0.427. The summed E-state index contributed by atoms with van der Waals surface area (Å²) in [6, 6.07) is 18.5. The van der Waals surface area contributed by atoms with E-state index in [1.54, 1.807) is 5.57 Å². The number of nitrogens with zero attached hydrogens (tertiary/aromatic N) is 1. The predicted octanol–water partition coefficient (Wildman–Crippen LogP) is 6.02. The van der Waals surface area contributed by atoms with Gasteiger partial charge in [0.25, 0.3) is 0 Å². The molecule has 0 spiro atoms. The minimum Gasteiger partial charge on any atom is -0.365 e. The van der Waals surface area contributed by atoms with Gasteiger partial charge in [-0.2, -0.15) is 0 Å². The van der Waals surface area contributed by atoms with Gasteiger partial charge in [-0.05, 0) is 79.8 Å². The van der Waals surface area contributed by atoms with Crippen LogP contribution in [0.5, 0.6) is 0 Å². The summed E-state index contributed by atoms with van der Waals surface area (Å²) in [5.41, 5.74) is 7.22. The van der Waals surface area contributed by atoms with Crippen molar-refractivity contribution in [2.75, 3.05) is 11.4 Å². The highest BCUT2D eigenvalue weighted by Gasteiger charge is 2.33. The molecular weight excluding hydrogens is 314 g/mol. The fourth-order valence-electron chi connectivity index (χ4n) is 4.69. The summed E-state index contributed by atoms with van der Waals surface area (Å²) in [5.74, 6) is 0.739. The van der Waals surface area contributed by atoms with Gasteiger partial charge in [0.2, 0.25) is 0 Å².